The smallest absolute Gasteiger partial charge is 0.302 e. The van der Waals surface area contributed by atoms with Gasteiger partial charge in [0.1, 0.15) is 47.6 Å². The Kier molecular flexibility index (Phi) is 9.97. The summed E-state index contributed by atoms with van der Waals surface area (Å²) in [6, 6.07) is 11.6. The molecule has 0 saturated heterocycles. The van der Waals surface area contributed by atoms with E-state index in [0.717, 1.165) is 87.9 Å². The average Bonchev–Trinajstić information content (AvgIpc) is 3.72. The zero-order valence-corrected chi connectivity index (χ0v) is 34.3. The molecule has 11 nitrogen and oxygen atoms in total. The number of aryl methyl sites for hydroxylation is 1. The van der Waals surface area contributed by atoms with E-state index in [4.69, 9.17) is 29.7 Å². The van der Waals surface area contributed by atoms with Crippen LogP contribution >= 0.6 is 0 Å². The van der Waals surface area contributed by atoms with Gasteiger partial charge in [0.15, 0.2) is 11.5 Å². The van der Waals surface area contributed by atoms with Crippen LogP contribution in [0.25, 0.3) is 17.2 Å². The van der Waals surface area contributed by atoms with Crippen molar-refractivity contribution in [1.29, 1.82) is 0 Å². The van der Waals surface area contributed by atoms with Crippen LogP contribution in [0.2, 0.25) is 0 Å². The molecule has 4 aromatic rings. The second kappa shape index (κ2) is 15.2. The molecule has 1 saturated carbocycles. The minimum Gasteiger partial charge on any atom is -0.508 e. The number of nitrogens with two attached hydrogens (primary N) is 1. The normalized spacial score (nSPS) is 24.3. The third kappa shape index (κ3) is 6.53. The van der Waals surface area contributed by atoms with Crippen LogP contribution in [-0.4, -0.2) is 67.7 Å². The summed E-state index contributed by atoms with van der Waals surface area (Å²) in [5.41, 5.74) is 16.3. The van der Waals surface area contributed by atoms with Crippen molar-refractivity contribution in [3.63, 3.8) is 0 Å². The van der Waals surface area contributed by atoms with Crippen molar-refractivity contribution < 1.29 is 34.0 Å². The zero-order chi connectivity index (χ0) is 41.2. The summed E-state index contributed by atoms with van der Waals surface area (Å²) in [7, 11) is 5.40. The van der Waals surface area contributed by atoms with Gasteiger partial charge in [-0.25, -0.2) is 4.98 Å². The number of aromatic hydroxyl groups is 2. The van der Waals surface area contributed by atoms with Gasteiger partial charge in [-0.2, -0.15) is 0 Å². The molecular formula is C48H52N4O7. The Bertz CT molecular complexity index is 2470. The number of esters is 1. The van der Waals surface area contributed by atoms with Crippen LogP contribution in [0, 0.1) is 17.8 Å². The van der Waals surface area contributed by atoms with Crippen molar-refractivity contribution in [2.75, 3.05) is 40.1 Å². The maximum absolute atomic E-state index is 12.6. The van der Waals surface area contributed by atoms with Gasteiger partial charge in [-0.1, -0.05) is 37.1 Å². The third-order valence-electron chi connectivity index (χ3n) is 13.3. The molecule has 1 spiro atoms. The predicted molar refractivity (Wildman–Crippen MR) is 226 cm³/mol. The number of rotatable bonds is 7. The third-order valence-corrected chi connectivity index (χ3v) is 13.3. The van der Waals surface area contributed by atoms with Gasteiger partial charge in [-0.3, -0.25) is 4.79 Å². The molecule has 2 aliphatic carbocycles. The number of anilines is 1. The van der Waals surface area contributed by atoms with Gasteiger partial charge in [0.2, 0.25) is 0 Å². The minimum absolute atomic E-state index is 0.00368. The second-order valence-corrected chi connectivity index (χ2v) is 16.8. The monoisotopic (exact) mass is 796 g/mol. The summed E-state index contributed by atoms with van der Waals surface area (Å²) in [6.07, 6.45) is 8.39. The van der Waals surface area contributed by atoms with Gasteiger partial charge in [0, 0.05) is 59.2 Å². The van der Waals surface area contributed by atoms with Crippen LogP contribution in [0.3, 0.4) is 0 Å². The van der Waals surface area contributed by atoms with Crippen molar-refractivity contribution in [2.24, 2.45) is 5.92 Å². The molecule has 4 bridgehead atoms. The lowest BCUT2D eigenvalue weighted by Gasteiger charge is -2.39. The Hall–Kier alpha value is -5.70. The fourth-order valence-corrected chi connectivity index (χ4v) is 10.7. The van der Waals surface area contributed by atoms with Crippen molar-refractivity contribution in [3.8, 4) is 51.7 Å². The van der Waals surface area contributed by atoms with Gasteiger partial charge in [0.25, 0.3) is 0 Å². The highest BCUT2D eigenvalue weighted by molar-refractivity contribution is 5.84. The molecule has 1 aromatic heterocycles. The summed E-state index contributed by atoms with van der Waals surface area (Å²) < 4.78 is 26.0. The number of benzene rings is 3. The molecule has 3 aliphatic heterocycles. The number of pyridine rings is 1. The maximum Gasteiger partial charge on any atom is 0.302 e. The molecule has 6 N–H and O–H groups in total. The summed E-state index contributed by atoms with van der Waals surface area (Å²) >= 11 is 0. The number of fused-ring (bicyclic) bond motifs is 9. The highest BCUT2D eigenvalue weighted by Crippen LogP contribution is 2.63. The van der Waals surface area contributed by atoms with Crippen LogP contribution in [0.1, 0.15) is 95.3 Å². The first-order chi connectivity index (χ1) is 28.6. The Morgan fingerprint density at radius 3 is 2.71 bits per heavy atom. The standard InChI is InChI=1S/C48H52N4O7/c1-6-27-17-29-16-26-14-15-48(21-26)22-30-18-31(54)20-39(56-5)41(30)33-11-10-32-35(24-57-25(2)53)45(59-46(32)43(33)48)42-28(8-7-9-36(29)52-47(27)49)19-38(55)44-34(42)12-13-37(51-4)40(58-44)23-50-3/h10-13,17-20,26,35,37,40,45,50-51,54-55H,6,8,14-16,21-24H2,1-5H3,(H2,49,52)/t26-,35-,37-,40-,45+,48+/m0/s1. The number of nitrogens with one attached hydrogen (secondary N) is 2. The van der Waals surface area contributed by atoms with Crippen molar-refractivity contribution >= 4 is 17.9 Å². The lowest BCUT2D eigenvalue weighted by molar-refractivity contribution is -0.141. The number of carbonyl (C=O) groups excluding carboxylic acids is 1. The molecule has 3 aromatic carbocycles. The first kappa shape index (κ1) is 38.8. The summed E-state index contributed by atoms with van der Waals surface area (Å²) in [4.78, 5) is 17.4. The molecule has 11 heteroatoms. The molecular weight excluding hydrogens is 745 g/mol. The van der Waals surface area contributed by atoms with Crippen molar-refractivity contribution in [2.45, 2.75) is 88.4 Å². The van der Waals surface area contributed by atoms with Gasteiger partial charge < -0.3 is 45.5 Å². The SMILES string of the molecule is CCc1cc2c(nc1N)C#CCc1cc(O)c3c(c1[C@@H]1Oc4c(ccc5c4[C@@]4(CC[C@@H](C2)C4)Cc2cc(O)cc(OC)c2-5)[C@@H]1COC(C)=O)C=C[C@H](NC)[C@H](CNC)O3. The number of hydrogen-bond acceptors (Lipinski definition) is 11. The molecule has 9 rings (SSSR count). The molecule has 0 radical (unpaired) electrons. The Labute approximate surface area is 345 Å². The number of carbonyl (C=O) groups is 1. The number of hydrogen-bond donors (Lipinski definition) is 5. The van der Waals surface area contributed by atoms with E-state index >= 15 is 0 Å². The number of ether oxygens (including phenoxy) is 4. The fraction of sp³-hybridized carbons (Fsp3) is 0.417. The first-order valence-electron chi connectivity index (χ1n) is 20.8. The van der Waals surface area contributed by atoms with E-state index < -0.39 is 12.0 Å². The van der Waals surface area contributed by atoms with Crippen LogP contribution in [0.4, 0.5) is 5.82 Å². The molecule has 306 valence electrons. The number of nitrogens with zero attached hydrogens (tertiary/aromatic N) is 1. The number of phenolic OH excluding ortho intramolecular Hbond substituents is 2. The van der Waals surface area contributed by atoms with E-state index in [1.54, 1.807) is 19.2 Å². The topological polar surface area (TPSA) is 157 Å². The number of phenols is 2. The van der Waals surface area contributed by atoms with Crippen LogP contribution in [0.15, 0.2) is 42.5 Å². The highest BCUT2D eigenvalue weighted by atomic mass is 16.5. The van der Waals surface area contributed by atoms with Gasteiger partial charge in [-0.15, -0.1) is 0 Å². The molecule has 59 heavy (non-hydrogen) atoms. The largest absolute Gasteiger partial charge is 0.508 e. The Balaban J connectivity index is 1.33. The van der Waals surface area contributed by atoms with Gasteiger partial charge in [0.05, 0.1) is 19.1 Å². The Morgan fingerprint density at radius 2 is 1.95 bits per heavy atom. The van der Waals surface area contributed by atoms with Gasteiger partial charge >= 0.3 is 5.97 Å². The lowest BCUT2D eigenvalue weighted by atomic mass is 9.65. The van der Waals surface area contributed by atoms with E-state index in [-0.39, 0.29) is 48.1 Å². The quantitative estimate of drug-likeness (QED) is 0.104. The predicted octanol–water partition coefficient (Wildman–Crippen LogP) is 6.42. The number of nitrogen functional groups attached to an aromatic ring is 1. The van der Waals surface area contributed by atoms with E-state index in [1.165, 1.54) is 6.92 Å². The number of methoxy groups -OCH3 is 1. The van der Waals surface area contributed by atoms with Gasteiger partial charge in [-0.05, 0) is 110 Å². The lowest BCUT2D eigenvalue weighted by Crippen LogP contribution is -2.44. The zero-order valence-electron chi connectivity index (χ0n) is 34.3. The first-order valence-corrected chi connectivity index (χ1v) is 20.8. The summed E-state index contributed by atoms with van der Waals surface area (Å²) in [5, 5.41) is 29.3. The molecule has 6 atom stereocenters. The minimum atomic E-state index is -0.639. The molecule has 5 aliphatic rings. The van der Waals surface area contributed by atoms with Crippen LogP contribution < -0.4 is 30.6 Å². The molecule has 0 unspecified atom stereocenters. The van der Waals surface area contributed by atoms with E-state index in [0.29, 0.717) is 47.5 Å². The van der Waals surface area contributed by atoms with E-state index in [2.05, 4.69) is 53.7 Å². The number of likely N-dealkylation sites (N-methyl/N-ethyl adjacent to an activating group) is 2. The van der Waals surface area contributed by atoms with Crippen LogP contribution in [-0.2, 0) is 40.6 Å². The van der Waals surface area contributed by atoms with E-state index in [9.17, 15) is 15.0 Å². The highest BCUT2D eigenvalue weighted by Gasteiger charge is 2.51. The summed E-state index contributed by atoms with van der Waals surface area (Å²) in [5.74, 6) is 8.79. The maximum atomic E-state index is 12.6. The van der Waals surface area contributed by atoms with Crippen molar-refractivity contribution in [1.82, 2.24) is 15.6 Å². The summed E-state index contributed by atoms with van der Waals surface area (Å²) in [6.45, 7) is 4.13. The van der Waals surface area contributed by atoms with Crippen molar-refractivity contribution in [3.05, 3.63) is 92.7 Å². The molecule has 1 fully saturated rings. The molecule has 0 amide bonds. The Morgan fingerprint density at radius 1 is 1.10 bits per heavy atom. The fourth-order valence-electron chi connectivity index (χ4n) is 10.7. The van der Waals surface area contributed by atoms with E-state index in [1.807, 2.05) is 26.2 Å². The van der Waals surface area contributed by atoms with Crippen LogP contribution in [0.5, 0.6) is 28.7 Å². The number of aromatic nitrogens is 1. The second-order valence-electron chi connectivity index (χ2n) is 16.8. The average molecular weight is 797 g/mol. The molecule has 4 heterocycles.